The molecule has 1 saturated carbocycles. The van der Waals surface area contributed by atoms with Crippen LogP contribution in [-0.4, -0.2) is 37.1 Å². The number of benzene rings is 1. The van der Waals surface area contributed by atoms with Crippen LogP contribution in [0.4, 0.5) is 0 Å². The van der Waals surface area contributed by atoms with Crippen LogP contribution in [0.2, 0.25) is 0 Å². The average Bonchev–Trinajstić information content (AvgIpc) is 3.12. The lowest BCUT2D eigenvalue weighted by Crippen LogP contribution is -2.44. The molecule has 6 nitrogen and oxygen atoms in total. The van der Waals surface area contributed by atoms with Crippen LogP contribution in [0.1, 0.15) is 49.6 Å². The fraction of sp³-hybridized carbons (Fsp3) is 0.529. The zero-order valence-corrected chi connectivity index (χ0v) is 13.8. The number of likely N-dealkylation sites (tertiary alicyclic amines) is 1. The summed E-state index contributed by atoms with van der Waals surface area (Å²) in [6.45, 7) is 6.23. The lowest BCUT2D eigenvalue weighted by atomic mass is 9.97. The average molecular weight is 311 g/mol. The molecule has 2 fully saturated rings. The van der Waals surface area contributed by atoms with Crippen molar-refractivity contribution >= 4 is 5.91 Å². The number of carbonyl (C=O) groups excluding carboxylic acids is 1. The van der Waals surface area contributed by atoms with Crippen molar-refractivity contribution in [2.24, 2.45) is 0 Å². The molecule has 2 heterocycles. The number of aromatic nitrogens is 4. The van der Waals surface area contributed by atoms with E-state index in [0.717, 1.165) is 41.9 Å². The van der Waals surface area contributed by atoms with Gasteiger partial charge in [-0.1, -0.05) is 18.2 Å². The van der Waals surface area contributed by atoms with Crippen molar-refractivity contribution in [3.63, 3.8) is 0 Å². The summed E-state index contributed by atoms with van der Waals surface area (Å²) in [6, 6.07) is 6.52. The highest BCUT2D eigenvalue weighted by Crippen LogP contribution is 2.45. The van der Waals surface area contributed by atoms with Crippen LogP contribution in [0.5, 0.6) is 0 Å². The first-order chi connectivity index (χ1) is 11.0. The first-order valence-corrected chi connectivity index (χ1v) is 8.20. The van der Waals surface area contributed by atoms with Crippen LogP contribution in [0.25, 0.3) is 5.69 Å². The molecule has 0 radical (unpaired) electrons. The SMILES string of the molecule is Cc1cccc(C)c1-n1nnnc1C1(C)CCC(=O)N1C1CC1. The monoisotopic (exact) mass is 311 g/mol. The fourth-order valence-corrected chi connectivity index (χ4v) is 3.84. The number of tetrazole rings is 1. The molecule has 1 aliphatic heterocycles. The van der Waals surface area contributed by atoms with E-state index in [9.17, 15) is 4.79 Å². The molecule has 1 aromatic carbocycles. The number of aryl methyl sites for hydroxylation is 2. The Hall–Kier alpha value is -2.24. The molecule has 1 atom stereocenters. The molecule has 0 bridgehead atoms. The Kier molecular flexibility index (Phi) is 3.04. The highest BCUT2D eigenvalue weighted by molar-refractivity contribution is 5.80. The van der Waals surface area contributed by atoms with E-state index < -0.39 is 5.54 Å². The normalized spacial score (nSPS) is 24.5. The molecular weight excluding hydrogens is 290 g/mol. The number of amides is 1. The Labute approximate surface area is 135 Å². The molecular formula is C17H21N5O. The summed E-state index contributed by atoms with van der Waals surface area (Å²) in [5.74, 6) is 0.999. The quantitative estimate of drug-likeness (QED) is 0.872. The predicted molar refractivity (Wildman–Crippen MR) is 85.1 cm³/mol. The predicted octanol–water partition coefficient (Wildman–Crippen LogP) is 2.28. The molecule has 1 aromatic heterocycles. The zero-order chi connectivity index (χ0) is 16.2. The maximum absolute atomic E-state index is 12.4. The summed E-state index contributed by atoms with van der Waals surface area (Å²) in [7, 11) is 0. The third-order valence-corrected chi connectivity index (χ3v) is 5.14. The van der Waals surface area contributed by atoms with Gasteiger partial charge in [-0.25, -0.2) is 0 Å². The molecule has 4 rings (SSSR count). The summed E-state index contributed by atoms with van der Waals surface area (Å²) in [4.78, 5) is 14.4. The van der Waals surface area contributed by atoms with Crippen LogP contribution in [0, 0.1) is 13.8 Å². The summed E-state index contributed by atoms with van der Waals surface area (Å²) in [5.41, 5.74) is 2.86. The van der Waals surface area contributed by atoms with Crippen molar-refractivity contribution in [2.75, 3.05) is 0 Å². The summed E-state index contributed by atoms with van der Waals surface area (Å²) >= 11 is 0. The molecule has 1 aliphatic carbocycles. The van der Waals surface area contributed by atoms with Crippen LogP contribution < -0.4 is 0 Å². The van der Waals surface area contributed by atoms with Crippen molar-refractivity contribution < 1.29 is 4.79 Å². The van der Waals surface area contributed by atoms with Gasteiger partial charge >= 0.3 is 0 Å². The van der Waals surface area contributed by atoms with Gasteiger partial charge in [-0.3, -0.25) is 4.79 Å². The van der Waals surface area contributed by atoms with Gasteiger partial charge in [0.05, 0.1) is 5.69 Å². The maximum Gasteiger partial charge on any atom is 0.223 e. The topological polar surface area (TPSA) is 63.9 Å². The Morgan fingerprint density at radius 1 is 1.22 bits per heavy atom. The van der Waals surface area contributed by atoms with Crippen LogP contribution in [0.15, 0.2) is 18.2 Å². The molecule has 6 heteroatoms. The van der Waals surface area contributed by atoms with Crippen molar-refractivity contribution in [2.45, 2.75) is 58.0 Å². The van der Waals surface area contributed by atoms with E-state index in [0.29, 0.717) is 12.5 Å². The fourth-order valence-electron chi connectivity index (χ4n) is 3.84. The van der Waals surface area contributed by atoms with Crippen LogP contribution >= 0.6 is 0 Å². The van der Waals surface area contributed by atoms with Crippen molar-refractivity contribution in [1.82, 2.24) is 25.1 Å². The van der Waals surface area contributed by atoms with Gasteiger partial charge in [-0.15, -0.1) is 5.10 Å². The van der Waals surface area contributed by atoms with E-state index in [2.05, 4.69) is 48.4 Å². The second kappa shape index (κ2) is 4.88. The molecule has 1 unspecified atom stereocenters. The van der Waals surface area contributed by atoms with Crippen molar-refractivity contribution in [3.05, 3.63) is 35.2 Å². The molecule has 2 aliphatic rings. The zero-order valence-electron chi connectivity index (χ0n) is 13.8. The molecule has 2 aromatic rings. The van der Waals surface area contributed by atoms with Gasteiger partial charge in [-0.2, -0.15) is 4.68 Å². The highest BCUT2D eigenvalue weighted by atomic mass is 16.2. The van der Waals surface area contributed by atoms with Gasteiger partial charge < -0.3 is 4.90 Å². The number of hydrogen-bond donors (Lipinski definition) is 0. The van der Waals surface area contributed by atoms with E-state index in [-0.39, 0.29) is 5.91 Å². The first-order valence-electron chi connectivity index (χ1n) is 8.20. The largest absolute Gasteiger partial charge is 0.327 e. The van der Waals surface area contributed by atoms with Crippen molar-refractivity contribution in [1.29, 1.82) is 0 Å². The Morgan fingerprint density at radius 2 is 1.91 bits per heavy atom. The Balaban J connectivity index is 1.85. The number of carbonyl (C=O) groups is 1. The molecule has 0 N–H and O–H groups in total. The molecule has 1 saturated heterocycles. The minimum Gasteiger partial charge on any atom is -0.327 e. The molecule has 120 valence electrons. The lowest BCUT2D eigenvalue weighted by molar-refractivity contribution is -0.132. The molecule has 1 amide bonds. The lowest BCUT2D eigenvalue weighted by Gasteiger charge is -2.34. The number of rotatable bonds is 3. The molecule has 0 spiro atoms. The summed E-state index contributed by atoms with van der Waals surface area (Å²) in [6.07, 6.45) is 3.53. The summed E-state index contributed by atoms with van der Waals surface area (Å²) in [5, 5.41) is 12.5. The van der Waals surface area contributed by atoms with E-state index >= 15 is 0 Å². The highest BCUT2D eigenvalue weighted by Gasteiger charge is 2.52. The van der Waals surface area contributed by atoms with Gasteiger partial charge in [0.2, 0.25) is 5.91 Å². The number of hydrogen-bond acceptors (Lipinski definition) is 4. The minimum atomic E-state index is -0.420. The third-order valence-electron chi connectivity index (χ3n) is 5.14. The Morgan fingerprint density at radius 3 is 2.57 bits per heavy atom. The van der Waals surface area contributed by atoms with E-state index in [1.165, 1.54) is 0 Å². The molecule has 23 heavy (non-hydrogen) atoms. The van der Waals surface area contributed by atoms with Crippen LogP contribution in [0.3, 0.4) is 0 Å². The van der Waals surface area contributed by atoms with Gasteiger partial charge in [0.25, 0.3) is 0 Å². The second-order valence-corrected chi connectivity index (χ2v) is 6.92. The smallest absolute Gasteiger partial charge is 0.223 e. The number of para-hydroxylation sites is 1. The van der Waals surface area contributed by atoms with Gasteiger partial charge in [-0.05, 0) is 61.6 Å². The van der Waals surface area contributed by atoms with Crippen molar-refractivity contribution in [3.8, 4) is 5.69 Å². The first kappa shape index (κ1) is 14.4. The van der Waals surface area contributed by atoms with Gasteiger partial charge in [0.1, 0.15) is 5.54 Å². The minimum absolute atomic E-state index is 0.228. The maximum atomic E-state index is 12.4. The third kappa shape index (κ3) is 2.08. The van der Waals surface area contributed by atoms with Gasteiger partial charge in [0, 0.05) is 12.5 Å². The Bertz CT molecular complexity index is 759. The van der Waals surface area contributed by atoms with E-state index in [1.807, 2.05) is 15.6 Å². The number of nitrogens with zero attached hydrogens (tertiary/aromatic N) is 5. The standard InChI is InChI=1S/C17H21N5O/c1-11-5-4-6-12(2)15(11)22-16(18-19-20-22)17(3)10-9-14(23)21(17)13-7-8-13/h4-6,13H,7-10H2,1-3H3. The van der Waals surface area contributed by atoms with E-state index in [1.54, 1.807) is 0 Å². The van der Waals surface area contributed by atoms with Crippen LogP contribution in [-0.2, 0) is 10.3 Å². The van der Waals surface area contributed by atoms with Gasteiger partial charge in [0.15, 0.2) is 5.82 Å². The second-order valence-electron chi connectivity index (χ2n) is 6.92. The summed E-state index contributed by atoms with van der Waals surface area (Å²) < 4.78 is 1.83. The van der Waals surface area contributed by atoms with E-state index in [4.69, 9.17) is 0 Å².